The van der Waals surface area contributed by atoms with E-state index in [0.717, 1.165) is 13.8 Å². The van der Waals surface area contributed by atoms with E-state index in [1.807, 2.05) is 0 Å². The van der Waals surface area contributed by atoms with E-state index in [-0.39, 0.29) is 0 Å². The molecule has 10 heterocycles. The Bertz CT molecular complexity index is 2990. The molecule has 2 amide bonds. The minimum atomic E-state index is -2.60. The predicted octanol–water partition coefficient (Wildman–Crippen LogP) is -19.4. The molecular formula is C64H108N2O48. The number of carbonyl (C=O) groups excluding carboxylic acids is 2. The van der Waals surface area contributed by atoms with E-state index in [0.29, 0.717) is 0 Å². The second-order valence-corrected chi connectivity index (χ2v) is 29.5. The summed E-state index contributed by atoms with van der Waals surface area (Å²) in [6, 6.07) is -4.08. The van der Waals surface area contributed by atoms with Crippen LogP contribution in [0.3, 0.4) is 0 Å². The van der Waals surface area contributed by atoms with Gasteiger partial charge >= 0.3 is 0 Å². The third-order valence-corrected chi connectivity index (χ3v) is 21.5. The minimum absolute atomic E-state index is 0.882. The first-order valence-corrected chi connectivity index (χ1v) is 36.7. The van der Waals surface area contributed by atoms with Crippen LogP contribution in [0, 0.1) is 0 Å². The molecule has 10 saturated heterocycles. The number of ether oxygens (including phenoxy) is 19. The Morgan fingerprint density at radius 2 is 0.518 bits per heavy atom. The Morgan fingerprint density at radius 3 is 0.939 bits per heavy atom. The van der Waals surface area contributed by atoms with Gasteiger partial charge in [-0.05, 0) is 20.8 Å². The van der Waals surface area contributed by atoms with E-state index in [1.54, 1.807) is 0 Å². The summed E-state index contributed by atoms with van der Waals surface area (Å²) in [4.78, 5) is 27.1. The van der Waals surface area contributed by atoms with Crippen molar-refractivity contribution in [3.63, 3.8) is 0 Å². The standard InChI is InChI=1S/C64H108N2O48/c1-13-27(75)32(80)39(87)58(97-13)112-52-25(65-16(4)73)55(95)100-24(12-96-57-44(92)37(85)47(15(3)99-57)107-60-41(89)34(82)29(77)18(6-67)101-60)51(52)109-56-26(66-17(5)74)53(113-59-40(88)33(81)28(76)14(2)98-59)49(22(10-71)104-56)110-64-46(94)54(50(23(11-72)106-64)111-62-43(91)36(84)31(79)20(8-69)103-62)114-63-45(93)38(86)48(21(9-70)105-63)108-61-42(90)35(83)30(78)19(7-68)102-61/h13-15,18-64,67-72,75-95H,6-12H2,1-5H3,(H,65,73)(H,66,74)/t13-,14-,15-,18+,19+,20+,21+,22+,23+,24+,25+,26+,27+,28+,29-,30-,31-,32+,33+,34-,35-,36-,37-,38+,39-,40-,41+,42+,43+,44-,45-,46-,47+,48+,49+,50+,51+,52+,53+,54+,55+,56-,57+,58-,59-,60-,61+,62-,63+,64-/m0/s1. The maximum Gasteiger partial charge on any atom is 0.217 e. The molecule has 10 rings (SSSR count). The average molecular weight is 1670 g/mol. The lowest BCUT2D eigenvalue weighted by Gasteiger charge is -2.53. The maximum atomic E-state index is 13.9. The van der Waals surface area contributed by atoms with Crippen molar-refractivity contribution in [3.05, 3.63) is 0 Å². The second-order valence-electron chi connectivity index (χ2n) is 29.5. The van der Waals surface area contributed by atoms with E-state index in [2.05, 4.69) is 10.6 Å². The summed E-state index contributed by atoms with van der Waals surface area (Å²) in [5.74, 6) is -2.00. The Labute approximate surface area is 646 Å². The highest BCUT2D eigenvalue weighted by Crippen LogP contribution is 2.42. The molecule has 0 aliphatic carbocycles. The Balaban J connectivity index is 1.02. The predicted molar refractivity (Wildman–Crippen MR) is 349 cm³/mol. The van der Waals surface area contributed by atoms with Crippen LogP contribution in [0.1, 0.15) is 34.6 Å². The number of nitrogens with one attached hydrogen (secondary N) is 2. The van der Waals surface area contributed by atoms with Crippen LogP contribution < -0.4 is 10.6 Å². The van der Waals surface area contributed by atoms with Crippen LogP contribution in [0.5, 0.6) is 0 Å². The molecule has 0 aromatic heterocycles. The zero-order valence-corrected chi connectivity index (χ0v) is 61.5. The molecule has 0 aromatic carbocycles. The summed E-state index contributed by atoms with van der Waals surface area (Å²) in [5, 5.41) is 303. The van der Waals surface area contributed by atoms with Crippen LogP contribution in [-0.2, 0) is 99.6 Å². The number of aliphatic hydroxyl groups excluding tert-OH is 27. The van der Waals surface area contributed by atoms with Gasteiger partial charge < -0.3 is 239 Å². The summed E-state index contributed by atoms with van der Waals surface area (Å²) in [5.41, 5.74) is 0. The van der Waals surface area contributed by atoms with E-state index in [4.69, 9.17) is 90.0 Å². The van der Waals surface area contributed by atoms with Gasteiger partial charge in [-0.3, -0.25) is 9.59 Å². The highest BCUT2D eigenvalue weighted by molar-refractivity contribution is 5.73. The van der Waals surface area contributed by atoms with Crippen LogP contribution >= 0.6 is 0 Å². The van der Waals surface area contributed by atoms with Gasteiger partial charge in [0.05, 0.1) is 64.6 Å². The largest absolute Gasteiger partial charge is 0.394 e. The molecule has 10 aliphatic rings. The fourth-order valence-corrected chi connectivity index (χ4v) is 15.0. The summed E-state index contributed by atoms with van der Waals surface area (Å²) >= 11 is 0. The minimum Gasteiger partial charge on any atom is -0.394 e. The number of amides is 2. The molecule has 29 N–H and O–H groups in total. The van der Waals surface area contributed by atoms with Gasteiger partial charge in [0.15, 0.2) is 62.9 Å². The van der Waals surface area contributed by atoms with Crippen molar-refractivity contribution in [2.45, 2.75) is 342 Å². The van der Waals surface area contributed by atoms with Gasteiger partial charge in [-0.2, -0.15) is 0 Å². The zero-order chi connectivity index (χ0) is 83.8. The van der Waals surface area contributed by atoms with E-state index < -0.39 is 365 Å². The van der Waals surface area contributed by atoms with Crippen molar-refractivity contribution in [1.29, 1.82) is 0 Å². The third-order valence-electron chi connectivity index (χ3n) is 21.5. The quantitative estimate of drug-likeness (QED) is 0.0363. The molecular weight excluding hydrogens is 1560 g/mol. The van der Waals surface area contributed by atoms with Crippen LogP contribution in [0.2, 0.25) is 0 Å². The summed E-state index contributed by atoms with van der Waals surface area (Å²) in [7, 11) is 0. The molecule has 0 unspecified atom stereocenters. The summed E-state index contributed by atoms with van der Waals surface area (Å²) < 4.78 is 114. The molecule has 0 bridgehead atoms. The van der Waals surface area contributed by atoms with Crippen LogP contribution in [0.25, 0.3) is 0 Å². The van der Waals surface area contributed by atoms with Crippen molar-refractivity contribution in [2.24, 2.45) is 0 Å². The first kappa shape index (κ1) is 93.4. The molecule has 114 heavy (non-hydrogen) atoms. The Kier molecular flexibility index (Phi) is 32.7. The fraction of sp³-hybridized carbons (Fsp3) is 0.969. The number of aliphatic hydroxyl groups is 27. The SMILES string of the molecule is CC(=O)N[C@@H]1[C@@H](O[C@@H]2O[C@@H](C)[C@@H](O)[C@@H](O)[C@@H]2O)[C@H](O[C@@H]2O[C@H](CO)[C@@H](O[C@@H]3O[C@H](CO)[C@@H](O[C@@H]4O[C@H](CO)[C@H](O)[C@H](O)[C@H]4O)[C@H](O[C@H]4O[C@H](CO)[C@@H](O[C@H]5O[C@H](CO)[C@H](O)[C@H](O)[C@H]5O)[C@H](O)[C@@H]4O)[C@@H]3O)[C@H](O[C@@H]3O[C@@H](C)[C@@H](O)[C@@H](O)[C@@H]3O)[C@H]2NC(C)=O)[C@@H](CO[C@@H]2O[C@@H](C)[C@@H](O[C@@H]3O[C@H](CO)[C@H](O)[C@H](O)[C@H]3O)[C@@H](O)[C@@H]2O)O[C@H]1O. The van der Waals surface area contributed by atoms with E-state index >= 15 is 0 Å². The molecule has 0 spiro atoms. The summed E-state index contributed by atoms with van der Waals surface area (Å²) in [6.45, 7) is -2.16. The number of rotatable bonds is 27. The van der Waals surface area contributed by atoms with Crippen molar-refractivity contribution in [2.75, 3.05) is 46.2 Å². The van der Waals surface area contributed by atoms with Gasteiger partial charge in [0, 0.05) is 13.8 Å². The lowest BCUT2D eigenvalue weighted by Crippen LogP contribution is -2.72. The lowest BCUT2D eigenvalue weighted by molar-refractivity contribution is -0.409. The topological polar surface area (TPSA) is 780 Å². The van der Waals surface area contributed by atoms with Gasteiger partial charge in [-0.15, -0.1) is 0 Å². The molecule has 10 aliphatic heterocycles. The maximum absolute atomic E-state index is 13.9. The molecule has 50 atom stereocenters. The number of hydrogen-bond donors (Lipinski definition) is 29. The van der Waals surface area contributed by atoms with Gasteiger partial charge in [0.1, 0.15) is 226 Å². The molecule has 10 fully saturated rings. The Morgan fingerprint density at radius 1 is 0.246 bits per heavy atom. The average Bonchev–Trinajstić information content (AvgIpc) is 0.755. The molecule has 662 valence electrons. The first-order valence-electron chi connectivity index (χ1n) is 36.7. The van der Waals surface area contributed by atoms with Crippen molar-refractivity contribution in [1.82, 2.24) is 10.6 Å². The van der Waals surface area contributed by atoms with Crippen molar-refractivity contribution < 1.29 is 237 Å². The van der Waals surface area contributed by atoms with E-state index in [9.17, 15) is 147 Å². The van der Waals surface area contributed by atoms with Crippen LogP contribution in [-0.4, -0.2) is 503 Å². The van der Waals surface area contributed by atoms with Crippen molar-refractivity contribution in [3.8, 4) is 0 Å². The smallest absolute Gasteiger partial charge is 0.217 e. The molecule has 0 saturated carbocycles. The number of carbonyl (C=O) groups is 2. The highest BCUT2D eigenvalue weighted by Gasteiger charge is 2.62. The molecule has 0 aromatic rings. The number of hydrogen-bond acceptors (Lipinski definition) is 48. The first-order chi connectivity index (χ1) is 53.8. The molecule has 0 radical (unpaired) electrons. The second kappa shape index (κ2) is 40.0. The lowest BCUT2D eigenvalue weighted by atomic mass is 9.92. The van der Waals surface area contributed by atoms with Crippen LogP contribution in [0.15, 0.2) is 0 Å². The monoisotopic (exact) mass is 1670 g/mol. The van der Waals surface area contributed by atoms with Crippen molar-refractivity contribution >= 4 is 11.8 Å². The van der Waals surface area contributed by atoms with Crippen LogP contribution in [0.4, 0.5) is 0 Å². The zero-order valence-electron chi connectivity index (χ0n) is 61.5. The highest BCUT2D eigenvalue weighted by atomic mass is 16.8. The third kappa shape index (κ3) is 19.7. The molecule has 50 nitrogen and oxygen atoms in total. The Hall–Kier alpha value is -2.90. The van der Waals surface area contributed by atoms with Gasteiger partial charge in [-0.1, -0.05) is 0 Å². The van der Waals surface area contributed by atoms with E-state index in [1.165, 1.54) is 20.8 Å². The normalized spacial score (nSPS) is 52.5. The van der Waals surface area contributed by atoms with Gasteiger partial charge in [0.2, 0.25) is 11.8 Å². The summed E-state index contributed by atoms with van der Waals surface area (Å²) in [6.07, 6.45) is -98.2. The van der Waals surface area contributed by atoms with Gasteiger partial charge in [0.25, 0.3) is 0 Å². The molecule has 50 heteroatoms. The van der Waals surface area contributed by atoms with Gasteiger partial charge in [-0.25, -0.2) is 0 Å². The fourth-order valence-electron chi connectivity index (χ4n) is 15.0.